The minimum absolute atomic E-state index is 0.0279. The summed E-state index contributed by atoms with van der Waals surface area (Å²) in [6.07, 6.45) is 1.63. The summed E-state index contributed by atoms with van der Waals surface area (Å²) in [5, 5.41) is 3.47. The number of hydrogen-bond donors (Lipinski definition) is 1. The normalized spacial score (nSPS) is 11.3. The summed E-state index contributed by atoms with van der Waals surface area (Å²) < 4.78 is 32.8. The number of aryl methyl sites for hydroxylation is 1. The molecule has 0 aliphatic carbocycles. The molecule has 1 aromatic carbocycles. The molecule has 0 aliphatic heterocycles. The van der Waals surface area contributed by atoms with Crippen LogP contribution >= 0.6 is 0 Å². The van der Waals surface area contributed by atoms with Crippen molar-refractivity contribution in [2.45, 2.75) is 33.2 Å². The minimum atomic E-state index is -0.511. The van der Waals surface area contributed by atoms with Gasteiger partial charge in [-0.2, -0.15) is 0 Å². The summed E-state index contributed by atoms with van der Waals surface area (Å²) in [5.74, 6) is -0.304. The molecule has 2 aromatic rings. The number of hydrogen-bond acceptors (Lipinski definition) is 2. The molecular weight excluding hydrogens is 236 g/mol. The molecule has 1 heterocycles. The SMILES string of the molecule is CCCNCc1oc2c(F)ccc(F)c2c1CC. The number of furan rings is 1. The molecule has 0 saturated heterocycles. The highest BCUT2D eigenvalue weighted by atomic mass is 19.1. The summed E-state index contributed by atoms with van der Waals surface area (Å²) in [4.78, 5) is 0. The average Bonchev–Trinajstić information content (AvgIpc) is 2.74. The molecule has 0 atom stereocenters. The van der Waals surface area contributed by atoms with E-state index in [0.717, 1.165) is 30.7 Å². The lowest BCUT2D eigenvalue weighted by atomic mass is 10.1. The lowest BCUT2D eigenvalue weighted by Crippen LogP contribution is -2.14. The summed E-state index contributed by atoms with van der Waals surface area (Å²) >= 11 is 0. The third-order valence-corrected chi connectivity index (χ3v) is 2.99. The van der Waals surface area contributed by atoms with Gasteiger partial charge in [0.25, 0.3) is 0 Å². The van der Waals surface area contributed by atoms with E-state index in [4.69, 9.17) is 4.42 Å². The second-order valence-electron chi connectivity index (χ2n) is 4.27. The van der Waals surface area contributed by atoms with Gasteiger partial charge in [0.15, 0.2) is 11.4 Å². The van der Waals surface area contributed by atoms with E-state index in [-0.39, 0.29) is 11.0 Å². The summed E-state index contributed by atoms with van der Waals surface area (Å²) in [7, 11) is 0. The highest BCUT2D eigenvalue weighted by Crippen LogP contribution is 2.30. The standard InChI is InChI=1S/C14H17F2NO/c1-3-7-17-8-12-9(4-2)13-10(15)5-6-11(16)14(13)18-12/h5-6,17H,3-4,7-8H2,1-2H3. The number of nitrogens with one attached hydrogen (secondary N) is 1. The Kier molecular flexibility index (Phi) is 3.97. The third kappa shape index (κ3) is 2.25. The third-order valence-electron chi connectivity index (χ3n) is 2.99. The Bertz CT molecular complexity index is 548. The molecule has 2 nitrogen and oxygen atoms in total. The monoisotopic (exact) mass is 253 g/mol. The molecule has 0 saturated carbocycles. The van der Waals surface area contributed by atoms with Crippen LogP contribution in [0.25, 0.3) is 11.0 Å². The lowest BCUT2D eigenvalue weighted by Gasteiger charge is -2.02. The molecule has 0 fully saturated rings. The molecule has 0 bridgehead atoms. The van der Waals surface area contributed by atoms with Gasteiger partial charge in [-0.1, -0.05) is 13.8 Å². The Balaban J connectivity index is 2.47. The molecule has 0 amide bonds. The van der Waals surface area contributed by atoms with Gasteiger partial charge in [-0.15, -0.1) is 0 Å². The van der Waals surface area contributed by atoms with Gasteiger partial charge in [0.05, 0.1) is 11.9 Å². The van der Waals surface area contributed by atoms with Gasteiger partial charge >= 0.3 is 0 Å². The molecular formula is C14H17F2NO. The topological polar surface area (TPSA) is 25.2 Å². The van der Waals surface area contributed by atoms with Gasteiger partial charge < -0.3 is 9.73 Å². The molecule has 1 aromatic heterocycles. The maximum atomic E-state index is 13.8. The fraction of sp³-hybridized carbons (Fsp3) is 0.429. The minimum Gasteiger partial charge on any atom is -0.456 e. The molecule has 98 valence electrons. The number of rotatable bonds is 5. The predicted molar refractivity (Wildman–Crippen MR) is 67.5 cm³/mol. The summed E-state index contributed by atoms with van der Waals surface area (Å²) in [6, 6.07) is 2.25. The van der Waals surface area contributed by atoms with Crippen LogP contribution < -0.4 is 5.32 Å². The van der Waals surface area contributed by atoms with Crippen molar-refractivity contribution in [2.75, 3.05) is 6.54 Å². The average molecular weight is 253 g/mol. The van der Waals surface area contributed by atoms with Crippen LogP contribution in [-0.4, -0.2) is 6.54 Å². The predicted octanol–water partition coefficient (Wildman–Crippen LogP) is 3.77. The number of halogens is 2. The van der Waals surface area contributed by atoms with Crippen LogP contribution in [0.3, 0.4) is 0 Å². The first-order valence-electron chi connectivity index (χ1n) is 6.28. The number of benzene rings is 1. The molecule has 18 heavy (non-hydrogen) atoms. The van der Waals surface area contributed by atoms with Crippen molar-refractivity contribution in [1.82, 2.24) is 5.32 Å². The first-order chi connectivity index (χ1) is 8.69. The maximum Gasteiger partial charge on any atom is 0.173 e. The number of fused-ring (bicyclic) bond motifs is 1. The Hall–Kier alpha value is -1.42. The van der Waals surface area contributed by atoms with Crippen molar-refractivity contribution < 1.29 is 13.2 Å². The Morgan fingerprint density at radius 3 is 2.56 bits per heavy atom. The van der Waals surface area contributed by atoms with Crippen LogP contribution in [0, 0.1) is 11.6 Å². The van der Waals surface area contributed by atoms with Crippen molar-refractivity contribution in [2.24, 2.45) is 0 Å². The smallest absolute Gasteiger partial charge is 0.173 e. The fourth-order valence-corrected chi connectivity index (χ4v) is 2.13. The van der Waals surface area contributed by atoms with Crippen molar-refractivity contribution in [3.05, 3.63) is 35.1 Å². The molecule has 0 spiro atoms. The molecule has 0 radical (unpaired) electrons. The largest absolute Gasteiger partial charge is 0.456 e. The van der Waals surface area contributed by atoms with E-state index < -0.39 is 11.6 Å². The molecule has 1 N–H and O–H groups in total. The van der Waals surface area contributed by atoms with Gasteiger partial charge in [0, 0.05) is 5.56 Å². The van der Waals surface area contributed by atoms with Crippen LogP contribution in [0.4, 0.5) is 8.78 Å². The zero-order chi connectivity index (χ0) is 13.1. The van der Waals surface area contributed by atoms with Gasteiger partial charge in [-0.25, -0.2) is 8.78 Å². The fourth-order valence-electron chi connectivity index (χ4n) is 2.13. The maximum absolute atomic E-state index is 13.8. The molecule has 2 rings (SSSR count). The van der Waals surface area contributed by atoms with Crippen LogP contribution in [0.2, 0.25) is 0 Å². The van der Waals surface area contributed by atoms with E-state index >= 15 is 0 Å². The second kappa shape index (κ2) is 5.48. The highest BCUT2D eigenvalue weighted by molar-refractivity contribution is 5.83. The van der Waals surface area contributed by atoms with Gasteiger partial charge in [-0.3, -0.25) is 0 Å². The zero-order valence-corrected chi connectivity index (χ0v) is 10.6. The van der Waals surface area contributed by atoms with E-state index in [0.29, 0.717) is 18.7 Å². The van der Waals surface area contributed by atoms with Gasteiger partial charge in [0.2, 0.25) is 0 Å². The van der Waals surface area contributed by atoms with E-state index in [1.165, 1.54) is 0 Å². The van der Waals surface area contributed by atoms with Crippen LogP contribution in [-0.2, 0) is 13.0 Å². The molecule has 0 aliphatic rings. The summed E-state index contributed by atoms with van der Waals surface area (Å²) in [6.45, 7) is 5.33. The van der Waals surface area contributed by atoms with Crippen LogP contribution in [0.15, 0.2) is 16.5 Å². The van der Waals surface area contributed by atoms with Crippen molar-refractivity contribution in [3.63, 3.8) is 0 Å². The first-order valence-corrected chi connectivity index (χ1v) is 6.28. The van der Waals surface area contributed by atoms with E-state index in [9.17, 15) is 8.78 Å². The zero-order valence-electron chi connectivity index (χ0n) is 10.6. The second-order valence-corrected chi connectivity index (χ2v) is 4.27. The van der Waals surface area contributed by atoms with Crippen LogP contribution in [0.1, 0.15) is 31.6 Å². The van der Waals surface area contributed by atoms with E-state index in [2.05, 4.69) is 12.2 Å². The van der Waals surface area contributed by atoms with Gasteiger partial charge in [0.1, 0.15) is 11.6 Å². The van der Waals surface area contributed by atoms with Crippen molar-refractivity contribution >= 4 is 11.0 Å². The van der Waals surface area contributed by atoms with Crippen LogP contribution in [0.5, 0.6) is 0 Å². The Labute approximate surface area is 105 Å². The summed E-state index contributed by atoms with van der Waals surface area (Å²) in [5.41, 5.74) is 0.783. The van der Waals surface area contributed by atoms with Gasteiger partial charge in [-0.05, 0) is 31.5 Å². The highest BCUT2D eigenvalue weighted by Gasteiger charge is 2.18. The Morgan fingerprint density at radius 1 is 1.17 bits per heavy atom. The lowest BCUT2D eigenvalue weighted by molar-refractivity contribution is 0.490. The molecule has 4 heteroatoms. The quantitative estimate of drug-likeness (QED) is 0.820. The van der Waals surface area contributed by atoms with E-state index in [1.807, 2.05) is 6.92 Å². The first kappa shape index (κ1) is 13.0. The van der Waals surface area contributed by atoms with Crippen molar-refractivity contribution in [1.29, 1.82) is 0 Å². The molecule has 0 unspecified atom stereocenters. The van der Waals surface area contributed by atoms with E-state index in [1.54, 1.807) is 0 Å². The van der Waals surface area contributed by atoms with Crippen molar-refractivity contribution in [3.8, 4) is 0 Å². The Morgan fingerprint density at radius 2 is 1.89 bits per heavy atom.